The van der Waals surface area contributed by atoms with Crippen LogP contribution in [0.3, 0.4) is 0 Å². The molecule has 0 aliphatic rings. The summed E-state index contributed by atoms with van der Waals surface area (Å²) in [7, 11) is 0. The molecule has 4 nitrogen and oxygen atoms in total. The standard InChI is InChI=1S/C12H10BrClN2O2S/c1-12(11(17)18,10-15-4-5-19-10)16-7-2-3-9(14)8(13)6-7/h2-6,16H,1H3,(H,17,18). The van der Waals surface area contributed by atoms with E-state index < -0.39 is 11.5 Å². The molecule has 1 aromatic heterocycles. The van der Waals surface area contributed by atoms with Crippen LogP contribution < -0.4 is 5.32 Å². The topological polar surface area (TPSA) is 62.2 Å². The van der Waals surface area contributed by atoms with Gasteiger partial charge in [-0.3, -0.25) is 0 Å². The predicted molar refractivity (Wildman–Crippen MR) is 79.9 cm³/mol. The van der Waals surface area contributed by atoms with Gasteiger partial charge in [-0.05, 0) is 41.1 Å². The number of nitrogens with one attached hydrogen (secondary N) is 1. The fourth-order valence-electron chi connectivity index (χ4n) is 1.53. The van der Waals surface area contributed by atoms with Crippen molar-refractivity contribution < 1.29 is 9.90 Å². The molecule has 0 bridgehead atoms. The zero-order valence-corrected chi connectivity index (χ0v) is 13.0. The van der Waals surface area contributed by atoms with Gasteiger partial charge in [0.2, 0.25) is 0 Å². The summed E-state index contributed by atoms with van der Waals surface area (Å²) >= 11 is 10.5. The van der Waals surface area contributed by atoms with Gasteiger partial charge in [0.15, 0.2) is 5.54 Å². The Morgan fingerprint density at radius 1 is 1.58 bits per heavy atom. The monoisotopic (exact) mass is 360 g/mol. The molecule has 1 unspecified atom stereocenters. The van der Waals surface area contributed by atoms with Crippen molar-refractivity contribution in [1.82, 2.24) is 4.98 Å². The number of aliphatic carboxylic acids is 1. The van der Waals surface area contributed by atoms with Crippen LogP contribution in [-0.4, -0.2) is 16.1 Å². The van der Waals surface area contributed by atoms with Gasteiger partial charge in [0.25, 0.3) is 0 Å². The molecule has 0 aliphatic heterocycles. The minimum Gasteiger partial charge on any atom is -0.479 e. The van der Waals surface area contributed by atoms with E-state index in [4.69, 9.17) is 11.6 Å². The van der Waals surface area contributed by atoms with Gasteiger partial charge in [0.05, 0.1) is 5.02 Å². The van der Waals surface area contributed by atoms with E-state index in [-0.39, 0.29) is 0 Å². The van der Waals surface area contributed by atoms with Crippen molar-refractivity contribution in [1.29, 1.82) is 0 Å². The Kier molecular flexibility index (Phi) is 4.13. The predicted octanol–water partition coefficient (Wildman–Crippen LogP) is 3.97. The normalized spacial score (nSPS) is 13.8. The molecule has 0 aliphatic carbocycles. The molecule has 2 aromatic rings. The summed E-state index contributed by atoms with van der Waals surface area (Å²) in [6, 6.07) is 5.15. The van der Waals surface area contributed by atoms with Crippen molar-refractivity contribution in [3.63, 3.8) is 0 Å². The van der Waals surface area contributed by atoms with Gasteiger partial charge in [-0.1, -0.05) is 11.6 Å². The van der Waals surface area contributed by atoms with E-state index in [0.717, 1.165) is 0 Å². The number of hydrogen-bond acceptors (Lipinski definition) is 4. The van der Waals surface area contributed by atoms with Crippen molar-refractivity contribution in [2.45, 2.75) is 12.5 Å². The van der Waals surface area contributed by atoms with Gasteiger partial charge >= 0.3 is 5.97 Å². The van der Waals surface area contributed by atoms with Crippen LogP contribution in [0.2, 0.25) is 5.02 Å². The maximum Gasteiger partial charge on any atom is 0.336 e. The zero-order chi connectivity index (χ0) is 14.0. The van der Waals surface area contributed by atoms with Gasteiger partial charge < -0.3 is 10.4 Å². The SMILES string of the molecule is CC(Nc1ccc(Cl)c(Br)c1)(C(=O)O)c1nccs1. The molecule has 7 heteroatoms. The number of thiazole rings is 1. The smallest absolute Gasteiger partial charge is 0.336 e. The Bertz CT molecular complexity index is 606. The van der Waals surface area contributed by atoms with Crippen LogP contribution in [0.4, 0.5) is 5.69 Å². The summed E-state index contributed by atoms with van der Waals surface area (Å²) in [5, 5.41) is 15.2. The first-order valence-corrected chi connectivity index (χ1v) is 7.35. The molecule has 2 rings (SSSR count). The first kappa shape index (κ1) is 14.3. The lowest BCUT2D eigenvalue weighted by Gasteiger charge is -2.25. The average Bonchev–Trinajstić information content (AvgIpc) is 2.87. The average molecular weight is 362 g/mol. The van der Waals surface area contributed by atoms with Crippen LogP contribution in [0.15, 0.2) is 34.2 Å². The third-order valence-electron chi connectivity index (χ3n) is 2.60. The van der Waals surface area contributed by atoms with Crippen LogP contribution >= 0.6 is 38.9 Å². The number of rotatable bonds is 4. The highest BCUT2D eigenvalue weighted by Crippen LogP contribution is 2.31. The lowest BCUT2D eigenvalue weighted by molar-refractivity contribution is -0.142. The fraction of sp³-hybridized carbons (Fsp3) is 0.167. The van der Waals surface area contributed by atoms with Crippen molar-refractivity contribution >= 4 is 50.5 Å². The van der Waals surface area contributed by atoms with Gasteiger partial charge in [-0.15, -0.1) is 11.3 Å². The highest BCUT2D eigenvalue weighted by molar-refractivity contribution is 9.10. The van der Waals surface area contributed by atoms with E-state index in [9.17, 15) is 9.90 Å². The summed E-state index contributed by atoms with van der Waals surface area (Å²) in [4.78, 5) is 15.6. The van der Waals surface area contributed by atoms with Gasteiger partial charge in [0, 0.05) is 21.7 Å². The molecule has 2 N–H and O–H groups in total. The maximum absolute atomic E-state index is 11.5. The number of hydrogen-bond donors (Lipinski definition) is 2. The highest BCUT2D eigenvalue weighted by Gasteiger charge is 2.37. The second kappa shape index (κ2) is 5.48. The molecule has 100 valence electrons. The van der Waals surface area contributed by atoms with E-state index in [2.05, 4.69) is 26.2 Å². The van der Waals surface area contributed by atoms with Crippen molar-refractivity contribution in [3.05, 3.63) is 44.3 Å². The summed E-state index contributed by atoms with van der Waals surface area (Å²) in [5.74, 6) is -0.992. The van der Waals surface area contributed by atoms with Crippen LogP contribution in [0.1, 0.15) is 11.9 Å². The second-order valence-corrected chi connectivity index (χ2v) is 6.18. The van der Waals surface area contributed by atoms with E-state index >= 15 is 0 Å². The number of nitrogens with zero attached hydrogens (tertiary/aromatic N) is 1. The van der Waals surface area contributed by atoms with E-state index in [1.54, 1.807) is 36.7 Å². The molecule has 0 radical (unpaired) electrons. The molecular formula is C12H10BrClN2O2S. The van der Waals surface area contributed by atoms with Crippen LogP contribution in [0.25, 0.3) is 0 Å². The Morgan fingerprint density at radius 2 is 2.32 bits per heavy atom. The van der Waals surface area contributed by atoms with Gasteiger partial charge in [0.1, 0.15) is 5.01 Å². The zero-order valence-electron chi connectivity index (χ0n) is 9.85. The lowest BCUT2D eigenvalue weighted by Crippen LogP contribution is -2.40. The molecule has 19 heavy (non-hydrogen) atoms. The second-order valence-electron chi connectivity index (χ2n) is 4.02. The molecular weight excluding hydrogens is 352 g/mol. The largest absolute Gasteiger partial charge is 0.479 e. The molecule has 0 amide bonds. The Balaban J connectivity index is 2.37. The Hall–Kier alpha value is -1.11. The molecule has 1 heterocycles. The summed E-state index contributed by atoms with van der Waals surface area (Å²) < 4.78 is 0.700. The molecule has 0 saturated carbocycles. The number of benzene rings is 1. The third kappa shape index (κ3) is 2.91. The molecule has 0 saturated heterocycles. The van der Waals surface area contributed by atoms with Gasteiger partial charge in [-0.25, -0.2) is 9.78 Å². The van der Waals surface area contributed by atoms with Crippen LogP contribution in [-0.2, 0) is 10.3 Å². The Morgan fingerprint density at radius 3 is 2.84 bits per heavy atom. The van der Waals surface area contributed by atoms with Crippen LogP contribution in [0.5, 0.6) is 0 Å². The summed E-state index contributed by atoms with van der Waals surface area (Å²) in [6.45, 7) is 1.58. The summed E-state index contributed by atoms with van der Waals surface area (Å²) in [5.41, 5.74) is -0.627. The van der Waals surface area contributed by atoms with E-state index in [1.165, 1.54) is 11.3 Å². The maximum atomic E-state index is 11.5. The molecule has 1 aromatic carbocycles. The number of halogens is 2. The summed E-state index contributed by atoms with van der Waals surface area (Å²) in [6.07, 6.45) is 1.58. The number of anilines is 1. The van der Waals surface area contributed by atoms with Crippen molar-refractivity contribution in [2.24, 2.45) is 0 Å². The quantitative estimate of drug-likeness (QED) is 0.865. The Labute approximate surface area is 127 Å². The lowest BCUT2D eigenvalue weighted by atomic mass is 10.0. The number of carbonyl (C=O) groups is 1. The number of aromatic nitrogens is 1. The third-order valence-corrected chi connectivity index (χ3v) is 4.81. The van der Waals surface area contributed by atoms with Gasteiger partial charge in [-0.2, -0.15) is 0 Å². The van der Waals surface area contributed by atoms with Crippen molar-refractivity contribution in [3.8, 4) is 0 Å². The molecule has 0 spiro atoms. The fourth-order valence-corrected chi connectivity index (χ4v) is 2.77. The minimum atomic E-state index is -1.28. The molecule has 0 fully saturated rings. The number of carboxylic acid groups (broad SMARTS) is 1. The van der Waals surface area contributed by atoms with E-state index in [0.29, 0.717) is 20.2 Å². The highest BCUT2D eigenvalue weighted by atomic mass is 79.9. The number of carboxylic acids is 1. The first-order chi connectivity index (χ1) is 8.93. The minimum absolute atomic E-state index is 0.492. The van der Waals surface area contributed by atoms with Crippen molar-refractivity contribution in [2.75, 3.05) is 5.32 Å². The van der Waals surface area contributed by atoms with Crippen LogP contribution in [0, 0.1) is 0 Å². The van der Waals surface area contributed by atoms with E-state index in [1.807, 2.05) is 0 Å². The first-order valence-electron chi connectivity index (χ1n) is 5.30. The molecule has 1 atom stereocenters.